The quantitative estimate of drug-likeness (QED) is 0.594. The van der Waals surface area contributed by atoms with Crippen molar-refractivity contribution in [3.8, 4) is 0 Å². The Morgan fingerprint density at radius 3 is 2.33 bits per heavy atom. The Bertz CT molecular complexity index is 191. The molecular weight excluding hydrogens is 148 g/mol. The summed E-state index contributed by atoms with van der Waals surface area (Å²) in [6.45, 7) is 2.11. The highest BCUT2D eigenvalue weighted by Gasteiger charge is 2.44. The maximum atomic E-state index is 10.2. The minimum absolute atomic E-state index is 0.271. The normalized spacial score (nSPS) is 36.7. The largest absolute Gasteiger partial charge is 0.390 e. The van der Waals surface area contributed by atoms with Crippen LogP contribution in [0.5, 0.6) is 0 Å². The van der Waals surface area contributed by atoms with Crippen LogP contribution in [-0.4, -0.2) is 10.7 Å². The minimum atomic E-state index is -0.271. The summed E-state index contributed by atoms with van der Waals surface area (Å²) < 4.78 is 0. The van der Waals surface area contributed by atoms with Crippen LogP contribution in [0.2, 0.25) is 0 Å². The number of rotatable bonds is 1. The molecule has 0 saturated heterocycles. The van der Waals surface area contributed by atoms with E-state index in [0.29, 0.717) is 5.92 Å². The van der Waals surface area contributed by atoms with Gasteiger partial charge in [0.1, 0.15) is 0 Å². The monoisotopic (exact) mass is 166 g/mol. The van der Waals surface area contributed by atoms with Gasteiger partial charge in [-0.25, -0.2) is 0 Å². The van der Waals surface area contributed by atoms with Crippen LogP contribution in [0, 0.1) is 5.92 Å². The molecular formula is C11H18O. The number of allylic oxidation sites excluding steroid dienone is 2. The van der Waals surface area contributed by atoms with Gasteiger partial charge in [0, 0.05) is 0 Å². The van der Waals surface area contributed by atoms with E-state index in [1.165, 1.54) is 12.8 Å². The second kappa shape index (κ2) is 2.88. The van der Waals surface area contributed by atoms with Gasteiger partial charge >= 0.3 is 0 Å². The van der Waals surface area contributed by atoms with Crippen molar-refractivity contribution in [3.05, 3.63) is 11.6 Å². The van der Waals surface area contributed by atoms with E-state index in [4.69, 9.17) is 0 Å². The lowest BCUT2D eigenvalue weighted by Gasteiger charge is -2.33. The molecule has 0 aliphatic heterocycles. The molecule has 0 bridgehead atoms. The zero-order valence-electron chi connectivity index (χ0n) is 7.84. The summed E-state index contributed by atoms with van der Waals surface area (Å²) >= 11 is 0. The third-order valence-corrected chi connectivity index (χ3v) is 3.50. The molecule has 2 aliphatic carbocycles. The minimum Gasteiger partial charge on any atom is -0.390 e. The van der Waals surface area contributed by atoms with E-state index in [-0.39, 0.29) is 5.60 Å². The molecule has 0 heterocycles. The van der Waals surface area contributed by atoms with Crippen LogP contribution in [0.1, 0.15) is 45.4 Å². The standard InChI is InChI=1S/C11H18O/c1-2-9-5-7-11(12,8-6-9)10-3-4-10/h2,10,12H,3-8H2,1H3. The van der Waals surface area contributed by atoms with Gasteiger partial charge in [0.25, 0.3) is 0 Å². The van der Waals surface area contributed by atoms with Gasteiger partial charge in [-0.2, -0.15) is 0 Å². The first-order chi connectivity index (χ1) is 5.74. The van der Waals surface area contributed by atoms with Gasteiger partial charge in [0.15, 0.2) is 0 Å². The summed E-state index contributed by atoms with van der Waals surface area (Å²) in [5.74, 6) is 0.649. The maximum absolute atomic E-state index is 10.2. The fraction of sp³-hybridized carbons (Fsp3) is 0.818. The molecule has 1 N–H and O–H groups in total. The van der Waals surface area contributed by atoms with Gasteiger partial charge in [0.2, 0.25) is 0 Å². The van der Waals surface area contributed by atoms with E-state index < -0.39 is 0 Å². The Balaban J connectivity index is 1.96. The number of hydrogen-bond donors (Lipinski definition) is 1. The number of aliphatic hydroxyl groups is 1. The highest BCUT2D eigenvalue weighted by Crippen LogP contribution is 2.47. The number of hydrogen-bond acceptors (Lipinski definition) is 1. The van der Waals surface area contributed by atoms with Crippen LogP contribution in [0.4, 0.5) is 0 Å². The fourth-order valence-electron chi connectivity index (χ4n) is 2.32. The molecule has 0 atom stereocenters. The van der Waals surface area contributed by atoms with Crippen molar-refractivity contribution in [2.45, 2.75) is 51.0 Å². The van der Waals surface area contributed by atoms with E-state index in [1.54, 1.807) is 5.57 Å². The van der Waals surface area contributed by atoms with Gasteiger partial charge in [-0.3, -0.25) is 0 Å². The Labute approximate surface area is 74.5 Å². The Kier molecular flexibility index (Phi) is 1.99. The first-order valence-corrected chi connectivity index (χ1v) is 5.11. The second-order valence-corrected chi connectivity index (χ2v) is 4.32. The lowest BCUT2D eigenvalue weighted by Crippen LogP contribution is -2.34. The van der Waals surface area contributed by atoms with Gasteiger partial charge in [-0.15, -0.1) is 0 Å². The summed E-state index contributed by atoms with van der Waals surface area (Å²) in [5.41, 5.74) is 1.27. The van der Waals surface area contributed by atoms with E-state index in [0.717, 1.165) is 25.7 Å². The Hall–Kier alpha value is -0.300. The molecule has 0 aromatic rings. The van der Waals surface area contributed by atoms with Crippen LogP contribution in [0.15, 0.2) is 11.6 Å². The molecule has 2 rings (SSSR count). The molecule has 0 aromatic heterocycles. The average Bonchev–Trinajstić information content (AvgIpc) is 2.88. The SMILES string of the molecule is CC=C1CCC(O)(C2CC2)CC1. The molecule has 0 aromatic carbocycles. The van der Waals surface area contributed by atoms with E-state index in [2.05, 4.69) is 13.0 Å². The molecule has 68 valence electrons. The zero-order chi connectivity index (χ0) is 8.60. The summed E-state index contributed by atoms with van der Waals surface area (Å²) in [6.07, 6.45) is 9.03. The molecule has 0 unspecified atom stereocenters. The van der Waals surface area contributed by atoms with E-state index >= 15 is 0 Å². The average molecular weight is 166 g/mol. The van der Waals surface area contributed by atoms with Gasteiger partial charge in [-0.1, -0.05) is 11.6 Å². The zero-order valence-corrected chi connectivity index (χ0v) is 7.84. The summed E-state index contributed by atoms with van der Waals surface area (Å²) in [7, 11) is 0. The molecule has 2 saturated carbocycles. The topological polar surface area (TPSA) is 20.2 Å². The molecule has 2 fully saturated rings. The van der Waals surface area contributed by atoms with Crippen molar-refractivity contribution in [3.63, 3.8) is 0 Å². The van der Waals surface area contributed by atoms with Crippen molar-refractivity contribution >= 4 is 0 Å². The van der Waals surface area contributed by atoms with Crippen LogP contribution in [0.3, 0.4) is 0 Å². The fourth-order valence-corrected chi connectivity index (χ4v) is 2.32. The first kappa shape index (κ1) is 8.31. The second-order valence-electron chi connectivity index (χ2n) is 4.32. The summed E-state index contributed by atoms with van der Waals surface area (Å²) in [4.78, 5) is 0. The van der Waals surface area contributed by atoms with Crippen molar-refractivity contribution in [1.82, 2.24) is 0 Å². The smallest absolute Gasteiger partial charge is 0.0681 e. The molecule has 2 aliphatic rings. The van der Waals surface area contributed by atoms with Crippen molar-refractivity contribution < 1.29 is 5.11 Å². The van der Waals surface area contributed by atoms with Crippen LogP contribution < -0.4 is 0 Å². The first-order valence-electron chi connectivity index (χ1n) is 5.11. The maximum Gasteiger partial charge on any atom is 0.0681 e. The van der Waals surface area contributed by atoms with Crippen molar-refractivity contribution in [2.24, 2.45) is 5.92 Å². The van der Waals surface area contributed by atoms with Crippen molar-refractivity contribution in [2.75, 3.05) is 0 Å². The van der Waals surface area contributed by atoms with Crippen LogP contribution >= 0.6 is 0 Å². The molecule has 0 amide bonds. The van der Waals surface area contributed by atoms with Crippen LogP contribution in [0.25, 0.3) is 0 Å². The van der Waals surface area contributed by atoms with Gasteiger partial charge in [0.05, 0.1) is 5.60 Å². The highest BCUT2D eigenvalue weighted by atomic mass is 16.3. The predicted octanol–water partition coefficient (Wildman–Crippen LogP) is 2.65. The van der Waals surface area contributed by atoms with Crippen LogP contribution in [-0.2, 0) is 0 Å². The lowest BCUT2D eigenvalue weighted by atomic mass is 9.79. The van der Waals surface area contributed by atoms with Gasteiger partial charge < -0.3 is 5.11 Å². The Morgan fingerprint density at radius 2 is 1.92 bits per heavy atom. The van der Waals surface area contributed by atoms with Gasteiger partial charge in [-0.05, 0) is 51.4 Å². The van der Waals surface area contributed by atoms with E-state index in [1.807, 2.05) is 0 Å². The lowest BCUT2D eigenvalue weighted by molar-refractivity contribution is -0.00770. The molecule has 12 heavy (non-hydrogen) atoms. The molecule has 0 radical (unpaired) electrons. The van der Waals surface area contributed by atoms with E-state index in [9.17, 15) is 5.11 Å². The third kappa shape index (κ3) is 1.42. The Morgan fingerprint density at radius 1 is 1.33 bits per heavy atom. The molecule has 1 nitrogen and oxygen atoms in total. The molecule has 1 heteroatoms. The molecule has 0 spiro atoms. The van der Waals surface area contributed by atoms with Crippen molar-refractivity contribution in [1.29, 1.82) is 0 Å². The third-order valence-electron chi connectivity index (χ3n) is 3.50. The summed E-state index contributed by atoms with van der Waals surface area (Å²) in [6, 6.07) is 0. The summed E-state index contributed by atoms with van der Waals surface area (Å²) in [5, 5.41) is 10.2. The highest BCUT2D eigenvalue weighted by molar-refractivity contribution is 5.10. The predicted molar refractivity (Wildman–Crippen MR) is 49.9 cm³/mol.